The molecule has 1 unspecified atom stereocenters. The predicted molar refractivity (Wildman–Crippen MR) is 86.4 cm³/mol. The van der Waals surface area contributed by atoms with Crippen LogP contribution in [0.25, 0.3) is 0 Å². The van der Waals surface area contributed by atoms with Gasteiger partial charge in [0.2, 0.25) is 1.43 Å². The molecule has 0 spiro atoms. The SMILES string of the molecule is [3H]OCC(C)(C)C(NC(=O)OC(C)(C)C)C(=O)OC(=O)OC(C)(C)C. The molecule has 0 rings (SSSR count). The number of rotatable bonds is 5. The van der Waals surface area contributed by atoms with Crippen LogP contribution in [-0.2, 0) is 19.0 Å². The van der Waals surface area contributed by atoms with E-state index in [1.807, 2.05) is 0 Å². The van der Waals surface area contributed by atoms with Crippen molar-refractivity contribution in [2.24, 2.45) is 5.41 Å². The van der Waals surface area contributed by atoms with E-state index in [1.54, 1.807) is 55.4 Å². The lowest BCUT2D eigenvalue weighted by molar-refractivity contribution is -0.147. The lowest BCUT2D eigenvalue weighted by atomic mass is 9.85. The standard InChI is InChI=1S/C16H29NO7/c1-14(2,3)23-12(20)17-10(16(7,8)9-18)11(19)22-13(21)24-15(4,5)6/h10,18H,9H2,1-8H3,(H,17,20)/i18T. The summed E-state index contributed by atoms with van der Waals surface area (Å²) in [6.45, 7) is 12.8. The lowest BCUT2D eigenvalue weighted by Crippen LogP contribution is -2.54. The monoisotopic (exact) mass is 349 g/mol. The number of nitrogens with one attached hydrogen (secondary N) is 1. The average Bonchev–Trinajstić information content (AvgIpc) is 2.30. The Morgan fingerprint density at radius 1 is 1.00 bits per heavy atom. The molecule has 0 bridgehead atoms. The van der Waals surface area contributed by atoms with Gasteiger partial charge in [0.05, 0.1) is 6.61 Å². The molecule has 0 radical (unpaired) electrons. The van der Waals surface area contributed by atoms with Crippen LogP contribution >= 0.6 is 0 Å². The fourth-order valence-corrected chi connectivity index (χ4v) is 1.49. The van der Waals surface area contributed by atoms with Crippen LogP contribution in [0, 0.1) is 5.41 Å². The van der Waals surface area contributed by atoms with Gasteiger partial charge in [-0.1, -0.05) is 13.8 Å². The first-order chi connectivity index (χ1) is 11.1. The molecule has 0 fully saturated rings. The van der Waals surface area contributed by atoms with E-state index in [0.717, 1.165) is 0 Å². The third kappa shape index (κ3) is 8.71. The number of carbonyl (C=O) groups is 3. The van der Waals surface area contributed by atoms with E-state index in [9.17, 15) is 14.4 Å². The minimum absolute atomic E-state index is 0.198. The summed E-state index contributed by atoms with van der Waals surface area (Å²) in [6.07, 6.45) is -2.05. The van der Waals surface area contributed by atoms with Gasteiger partial charge in [-0.15, -0.1) is 0 Å². The van der Waals surface area contributed by atoms with Crippen molar-refractivity contribution >= 4 is 18.2 Å². The van der Waals surface area contributed by atoms with Gasteiger partial charge in [0.1, 0.15) is 17.2 Å². The fraction of sp³-hybridized carbons (Fsp3) is 0.812. The Labute approximate surface area is 144 Å². The van der Waals surface area contributed by atoms with Crippen molar-refractivity contribution in [1.29, 1.82) is 1.43 Å². The van der Waals surface area contributed by atoms with E-state index >= 15 is 0 Å². The first-order valence-electron chi connectivity index (χ1n) is 8.00. The van der Waals surface area contributed by atoms with Crippen LogP contribution in [0.5, 0.6) is 0 Å². The summed E-state index contributed by atoms with van der Waals surface area (Å²) in [6, 6.07) is -1.29. The molecule has 140 valence electrons. The second-order valence-electron chi connectivity index (χ2n) is 8.10. The Bertz CT molecular complexity index is 492. The molecular weight excluding hydrogens is 318 g/mol. The molecule has 2 N–H and O–H groups in total. The van der Waals surface area contributed by atoms with E-state index < -0.39 is 40.9 Å². The highest BCUT2D eigenvalue weighted by molar-refractivity contribution is 5.88. The molecule has 0 saturated carbocycles. The van der Waals surface area contributed by atoms with Crippen molar-refractivity contribution in [1.82, 2.24) is 5.32 Å². The third-order valence-electron chi connectivity index (χ3n) is 2.62. The highest BCUT2D eigenvalue weighted by Crippen LogP contribution is 2.22. The number of hydrogen-bond acceptors (Lipinski definition) is 7. The number of aliphatic hydroxyl groups is 1. The van der Waals surface area contributed by atoms with Crippen LogP contribution in [0.1, 0.15) is 55.4 Å². The number of alkyl carbamates (subject to hydrolysis) is 1. The van der Waals surface area contributed by atoms with Gasteiger partial charge in [0.25, 0.3) is 0 Å². The second kappa shape index (κ2) is 7.83. The molecule has 24 heavy (non-hydrogen) atoms. The molecule has 1 amide bonds. The summed E-state index contributed by atoms with van der Waals surface area (Å²) in [4.78, 5) is 36.0. The van der Waals surface area contributed by atoms with Gasteiger partial charge < -0.3 is 24.6 Å². The normalized spacial score (nSPS) is 14.2. The molecule has 0 aliphatic rings. The van der Waals surface area contributed by atoms with Crippen LogP contribution in [0.2, 0.25) is 0 Å². The Hall–Kier alpha value is -1.83. The zero-order chi connectivity index (χ0) is 20.1. The quantitative estimate of drug-likeness (QED) is 0.579. The van der Waals surface area contributed by atoms with Gasteiger partial charge in [-0.05, 0) is 41.5 Å². The molecule has 0 heterocycles. The van der Waals surface area contributed by atoms with E-state index in [4.69, 9.17) is 10.9 Å². The van der Waals surface area contributed by atoms with Crippen LogP contribution in [0.4, 0.5) is 9.59 Å². The predicted octanol–water partition coefficient (Wildman–Crippen LogP) is 2.38. The highest BCUT2D eigenvalue weighted by atomic mass is 16.7. The first-order valence-corrected chi connectivity index (χ1v) is 7.60. The molecule has 8 nitrogen and oxygen atoms in total. The van der Waals surface area contributed by atoms with Crippen molar-refractivity contribution in [2.75, 3.05) is 6.61 Å². The smallest absolute Gasteiger partial charge is 0.444 e. The number of aliphatic hydroxyl groups excluding tert-OH is 1. The highest BCUT2D eigenvalue weighted by Gasteiger charge is 2.40. The summed E-state index contributed by atoms with van der Waals surface area (Å²) >= 11 is 0. The Morgan fingerprint density at radius 3 is 1.92 bits per heavy atom. The van der Waals surface area contributed by atoms with E-state index in [-0.39, 0.29) is 6.61 Å². The zero-order valence-corrected chi connectivity index (χ0v) is 15.6. The van der Waals surface area contributed by atoms with Crippen molar-refractivity contribution in [2.45, 2.75) is 72.6 Å². The second-order valence-corrected chi connectivity index (χ2v) is 8.10. The molecule has 0 aromatic carbocycles. The maximum absolute atomic E-state index is 12.4. The molecular formula is C16H29NO7. The number of esters is 1. The zero-order valence-electron chi connectivity index (χ0n) is 16.6. The van der Waals surface area contributed by atoms with E-state index in [2.05, 4.69) is 15.2 Å². The molecule has 1 atom stereocenters. The van der Waals surface area contributed by atoms with Gasteiger partial charge >= 0.3 is 18.2 Å². The summed E-state index contributed by atoms with van der Waals surface area (Å²) < 4.78 is 21.6. The van der Waals surface area contributed by atoms with Gasteiger partial charge in [0.15, 0.2) is 0 Å². The van der Waals surface area contributed by atoms with Crippen LogP contribution in [0.3, 0.4) is 0 Å². The molecule has 0 aromatic rings. The lowest BCUT2D eigenvalue weighted by Gasteiger charge is -2.32. The minimum atomic E-state index is -1.29. The molecule has 0 aromatic heterocycles. The Kier molecular flexibility index (Phi) is 6.59. The van der Waals surface area contributed by atoms with Gasteiger partial charge in [-0.2, -0.15) is 0 Å². The van der Waals surface area contributed by atoms with Gasteiger partial charge in [-0.25, -0.2) is 14.4 Å². The number of hydrogen-bond donors (Lipinski definition) is 2. The summed E-state index contributed by atoms with van der Waals surface area (Å²) in [7, 11) is 0. The summed E-state index contributed by atoms with van der Waals surface area (Å²) in [5, 5.41) is 6.70. The fourth-order valence-electron chi connectivity index (χ4n) is 1.49. The number of ether oxygens (including phenoxy) is 3. The van der Waals surface area contributed by atoms with E-state index in [1.165, 1.54) is 0 Å². The van der Waals surface area contributed by atoms with Gasteiger partial charge in [0, 0.05) is 5.41 Å². The Balaban J connectivity index is 5.22. The molecule has 8 heteroatoms. The largest absolute Gasteiger partial charge is 0.516 e. The van der Waals surface area contributed by atoms with Crippen molar-refractivity contribution in [3.05, 3.63) is 0 Å². The third-order valence-corrected chi connectivity index (χ3v) is 2.62. The van der Waals surface area contributed by atoms with Crippen LogP contribution in [0.15, 0.2) is 0 Å². The minimum Gasteiger partial charge on any atom is -0.444 e. The molecule has 0 aliphatic carbocycles. The maximum atomic E-state index is 12.4. The van der Waals surface area contributed by atoms with Crippen LogP contribution in [-0.4, -0.2) is 48.6 Å². The topological polar surface area (TPSA) is 111 Å². The van der Waals surface area contributed by atoms with Crippen molar-refractivity contribution < 1.29 is 33.7 Å². The summed E-state index contributed by atoms with van der Waals surface area (Å²) in [5.74, 6) is -1.04. The van der Waals surface area contributed by atoms with E-state index in [0.29, 0.717) is 0 Å². The van der Waals surface area contributed by atoms with Crippen molar-refractivity contribution in [3.63, 3.8) is 0 Å². The average molecular weight is 349 g/mol. The molecule has 0 saturated heterocycles. The van der Waals surface area contributed by atoms with Crippen LogP contribution < -0.4 is 5.32 Å². The number of amides is 1. The van der Waals surface area contributed by atoms with Gasteiger partial charge in [-0.3, -0.25) is 0 Å². The summed E-state index contributed by atoms with van der Waals surface area (Å²) in [5.41, 5.74) is -2.66. The first kappa shape index (κ1) is 20.2. The number of carbonyl (C=O) groups excluding carboxylic acids is 3. The maximum Gasteiger partial charge on any atom is 0.516 e. The van der Waals surface area contributed by atoms with Crippen molar-refractivity contribution in [3.8, 4) is 0 Å². The Morgan fingerprint density at radius 2 is 1.50 bits per heavy atom. The molecule has 0 aliphatic heterocycles.